The average Bonchev–Trinajstić information content (AvgIpc) is 3.39. The van der Waals surface area contributed by atoms with Gasteiger partial charge in [-0.3, -0.25) is 9.59 Å². The summed E-state index contributed by atoms with van der Waals surface area (Å²) < 4.78 is 81.6. The van der Waals surface area contributed by atoms with Crippen molar-refractivity contribution < 1.29 is 40.3 Å². The van der Waals surface area contributed by atoms with Crippen LogP contribution in [0.1, 0.15) is 39.2 Å². The monoisotopic (exact) mass is 591 g/mol. The van der Waals surface area contributed by atoms with Crippen molar-refractivity contribution in [3.8, 4) is 17.5 Å². The summed E-state index contributed by atoms with van der Waals surface area (Å²) in [5, 5.41) is 18.9. The second kappa shape index (κ2) is 9.88. The average molecular weight is 592 g/mol. The Morgan fingerprint density at radius 2 is 2.02 bits per heavy atom. The number of hydrogen-bond acceptors (Lipinski definition) is 7. The largest absolute Gasteiger partial charge is 0.484 e. The normalized spacial score (nSPS) is 17.9. The highest BCUT2D eigenvalue weighted by atomic mass is 32.2. The minimum Gasteiger partial charge on any atom is -0.484 e. The van der Waals surface area contributed by atoms with Crippen molar-refractivity contribution in [1.29, 1.82) is 5.26 Å². The van der Waals surface area contributed by atoms with Crippen molar-refractivity contribution >= 4 is 27.5 Å². The molecule has 214 valence electrons. The number of ether oxygens (including phenoxy) is 1. The summed E-state index contributed by atoms with van der Waals surface area (Å²) >= 11 is 0. The van der Waals surface area contributed by atoms with Gasteiger partial charge in [0.25, 0.3) is 5.91 Å². The molecule has 0 unspecified atom stereocenters. The highest BCUT2D eigenvalue weighted by Gasteiger charge is 2.47. The van der Waals surface area contributed by atoms with Crippen LogP contribution in [-0.2, 0) is 33.0 Å². The van der Waals surface area contributed by atoms with Crippen LogP contribution in [0, 0.1) is 17.1 Å². The number of halogens is 4. The zero-order chi connectivity index (χ0) is 29.7. The van der Waals surface area contributed by atoms with E-state index in [0.717, 1.165) is 17.0 Å². The minimum atomic E-state index is -4.50. The molecule has 2 heterocycles. The van der Waals surface area contributed by atoms with Gasteiger partial charge in [-0.25, -0.2) is 17.5 Å². The molecule has 10 nitrogen and oxygen atoms in total. The number of benzene rings is 2. The van der Waals surface area contributed by atoms with Gasteiger partial charge in [0, 0.05) is 18.7 Å². The summed E-state index contributed by atoms with van der Waals surface area (Å²) in [4.78, 5) is 26.1. The Hall–Kier alpha value is -4.45. The number of sulfone groups is 1. The van der Waals surface area contributed by atoms with E-state index in [0.29, 0.717) is 24.0 Å². The summed E-state index contributed by atoms with van der Waals surface area (Å²) in [5.41, 5.74) is 0.364. The Morgan fingerprint density at radius 3 is 2.68 bits per heavy atom. The topological polar surface area (TPSA) is 143 Å². The Balaban J connectivity index is 1.55. The maximum absolute atomic E-state index is 14.5. The van der Waals surface area contributed by atoms with Gasteiger partial charge in [-0.15, -0.1) is 0 Å². The maximum Gasteiger partial charge on any atom is 0.422 e. The first kappa shape index (κ1) is 28.1. The van der Waals surface area contributed by atoms with E-state index >= 15 is 0 Å². The van der Waals surface area contributed by atoms with Crippen LogP contribution in [0.5, 0.6) is 5.75 Å². The molecule has 1 spiro atoms. The summed E-state index contributed by atoms with van der Waals surface area (Å²) in [6, 6.07) is 9.69. The molecule has 2 aliphatic rings. The van der Waals surface area contributed by atoms with Gasteiger partial charge in [0.15, 0.2) is 16.4 Å². The van der Waals surface area contributed by atoms with Gasteiger partial charge in [0.1, 0.15) is 34.8 Å². The number of amides is 2. The number of nitrogens with one attached hydrogen (secondary N) is 2. The molecule has 1 atom stereocenters. The highest BCUT2D eigenvalue weighted by Crippen LogP contribution is 2.44. The van der Waals surface area contributed by atoms with Gasteiger partial charge in [-0.05, 0) is 48.2 Å². The SMILES string of the molecule is CS(=O)(=O)CC(=O)Nc1c2c(nn1-c1ccc(C#N)c(F)c1)C[C@]1(CCc3cc(OCC(F)(F)F)ccc31)NC2=O. The first-order valence-electron chi connectivity index (χ1n) is 12.1. The molecule has 2 amide bonds. The van der Waals surface area contributed by atoms with E-state index in [1.807, 2.05) is 0 Å². The molecule has 0 bridgehead atoms. The van der Waals surface area contributed by atoms with Gasteiger partial charge in [0.05, 0.1) is 22.5 Å². The molecule has 2 N–H and O–H groups in total. The number of rotatable bonds is 6. The Kier molecular flexibility index (Phi) is 6.77. The van der Waals surface area contributed by atoms with E-state index in [9.17, 15) is 35.6 Å². The van der Waals surface area contributed by atoms with Crippen LogP contribution in [0.25, 0.3) is 5.69 Å². The molecule has 5 rings (SSSR count). The van der Waals surface area contributed by atoms with E-state index in [4.69, 9.17) is 10.00 Å². The first-order chi connectivity index (χ1) is 19.2. The molecule has 3 aromatic rings. The first-order valence-corrected chi connectivity index (χ1v) is 14.2. The van der Waals surface area contributed by atoms with Crippen LogP contribution >= 0.6 is 0 Å². The van der Waals surface area contributed by atoms with E-state index in [1.54, 1.807) is 12.1 Å². The molecular weight excluding hydrogens is 570 g/mol. The van der Waals surface area contributed by atoms with Gasteiger partial charge in [-0.1, -0.05) is 6.07 Å². The number of alkyl halides is 3. The lowest BCUT2D eigenvalue weighted by molar-refractivity contribution is -0.153. The molecule has 1 aliphatic carbocycles. The summed E-state index contributed by atoms with van der Waals surface area (Å²) in [6.45, 7) is -1.45. The number of hydrogen-bond donors (Lipinski definition) is 2. The van der Waals surface area contributed by atoms with Crippen molar-refractivity contribution in [2.24, 2.45) is 0 Å². The van der Waals surface area contributed by atoms with Gasteiger partial charge in [0.2, 0.25) is 5.91 Å². The lowest BCUT2D eigenvalue weighted by Gasteiger charge is -2.35. The predicted octanol–water partition coefficient (Wildman–Crippen LogP) is 2.93. The van der Waals surface area contributed by atoms with Crippen molar-refractivity contribution in [3.05, 3.63) is 70.2 Å². The molecule has 0 saturated carbocycles. The van der Waals surface area contributed by atoms with E-state index < -0.39 is 51.5 Å². The Morgan fingerprint density at radius 1 is 1.27 bits per heavy atom. The van der Waals surface area contributed by atoms with Crippen LogP contribution in [0.4, 0.5) is 23.4 Å². The fraction of sp³-hybridized carbons (Fsp3) is 0.308. The van der Waals surface area contributed by atoms with E-state index in [-0.39, 0.29) is 40.5 Å². The number of anilines is 1. The van der Waals surface area contributed by atoms with Crippen molar-refractivity contribution in [2.45, 2.75) is 31.0 Å². The van der Waals surface area contributed by atoms with Crippen molar-refractivity contribution in [1.82, 2.24) is 15.1 Å². The van der Waals surface area contributed by atoms with E-state index in [2.05, 4.69) is 15.7 Å². The second-order valence-electron chi connectivity index (χ2n) is 9.91. The minimum absolute atomic E-state index is 0.0314. The number of aryl methyl sites for hydroxylation is 1. The van der Waals surface area contributed by atoms with Crippen LogP contribution in [0.2, 0.25) is 0 Å². The van der Waals surface area contributed by atoms with Crippen LogP contribution in [0.15, 0.2) is 36.4 Å². The summed E-state index contributed by atoms with van der Waals surface area (Å²) in [7, 11) is -3.73. The smallest absolute Gasteiger partial charge is 0.422 e. The van der Waals surface area contributed by atoms with Crippen molar-refractivity contribution in [2.75, 3.05) is 23.9 Å². The fourth-order valence-electron chi connectivity index (χ4n) is 5.17. The molecule has 1 aliphatic heterocycles. The third kappa shape index (κ3) is 5.60. The third-order valence-corrected chi connectivity index (χ3v) is 7.58. The summed E-state index contributed by atoms with van der Waals surface area (Å²) in [5.74, 6) is -3.50. The van der Waals surface area contributed by atoms with Crippen LogP contribution < -0.4 is 15.4 Å². The molecule has 0 fully saturated rings. The zero-order valence-electron chi connectivity index (χ0n) is 21.3. The molecule has 0 radical (unpaired) electrons. The molecule has 0 saturated heterocycles. The van der Waals surface area contributed by atoms with Gasteiger partial charge >= 0.3 is 6.18 Å². The lowest BCUT2D eigenvalue weighted by Crippen LogP contribution is -2.49. The van der Waals surface area contributed by atoms with Crippen molar-refractivity contribution in [3.63, 3.8) is 0 Å². The fourth-order valence-corrected chi connectivity index (χ4v) is 5.71. The molecule has 1 aromatic heterocycles. The molecule has 15 heteroatoms. The quantitative estimate of drug-likeness (QED) is 0.420. The molecule has 41 heavy (non-hydrogen) atoms. The summed E-state index contributed by atoms with van der Waals surface area (Å²) in [6.07, 6.45) is -2.70. The number of fused-ring (bicyclic) bond motifs is 3. The maximum atomic E-state index is 14.5. The Labute approximate surface area is 230 Å². The molecular formula is C26H21F4N5O5S. The third-order valence-electron chi connectivity index (χ3n) is 6.79. The highest BCUT2D eigenvalue weighted by molar-refractivity contribution is 7.91. The number of nitrogens with zero attached hydrogens (tertiary/aromatic N) is 3. The van der Waals surface area contributed by atoms with Gasteiger partial charge < -0.3 is 15.4 Å². The number of nitriles is 1. The van der Waals surface area contributed by atoms with Crippen LogP contribution in [0.3, 0.4) is 0 Å². The predicted molar refractivity (Wildman–Crippen MR) is 136 cm³/mol. The second-order valence-corrected chi connectivity index (χ2v) is 12.1. The van der Waals surface area contributed by atoms with Gasteiger partial charge in [-0.2, -0.15) is 23.5 Å². The van der Waals surface area contributed by atoms with E-state index in [1.165, 1.54) is 24.3 Å². The number of carbonyl (C=O) groups excluding carboxylic acids is 2. The molecule has 2 aromatic carbocycles. The Bertz CT molecular complexity index is 1750. The van der Waals surface area contributed by atoms with Crippen LogP contribution in [-0.4, -0.2) is 54.8 Å². The zero-order valence-corrected chi connectivity index (χ0v) is 22.1. The number of carbonyl (C=O) groups is 2. The number of aromatic nitrogens is 2. The standard InChI is InChI=1S/C26H21F4N5O5S/c1-41(38,39)12-21(36)32-23-22-20(34-35(23)16-3-2-15(11-31)19(27)9-16)10-25(33-24(22)37)7-6-14-8-17(4-5-18(14)25)40-13-26(28,29)30/h2-5,8-9H,6-7,10,12-13H2,1H3,(H,32,36)(H,33,37)/t25-/m0/s1. The lowest BCUT2D eigenvalue weighted by atomic mass is 9.82.